The van der Waals surface area contributed by atoms with Crippen molar-refractivity contribution >= 4 is 17.9 Å². The van der Waals surface area contributed by atoms with Crippen LogP contribution in [-0.4, -0.2) is 31.0 Å². The van der Waals surface area contributed by atoms with Gasteiger partial charge in [-0.1, -0.05) is 12.1 Å². The topological polar surface area (TPSA) is 68.1 Å². The SMILES string of the molecule is CCOC(=O)/C(C=Nc1ccccc1OC)=C(\C)O. The number of allylic oxidation sites excluding steroid dienone is 1. The summed E-state index contributed by atoms with van der Waals surface area (Å²) in [7, 11) is 1.54. The van der Waals surface area contributed by atoms with Crippen molar-refractivity contribution in [2.75, 3.05) is 13.7 Å². The fraction of sp³-hybridized carbons (Fsp3) is 0.286. The molecule has 0 spiro atoms. The van der Waals surface area contributed by atoms with E-state index in [1.54, 1.807) is 25.1 Å². The van der Waals surface area contributed by atoms with Gasteiger partial charge in [-0.25, -0.2) is 4.79 Å². The highest BCUT2D eigenvalue weighted by molar-refractivity contribution is 6.10. The Hall–Kier alpha value is -2.30. The molecule has 0 aliphatic rings. The standard InChI is InChI=1S/C14H17NO4/c1-4-19-14(17)11(10(2)16)9-15-12-7-5-6-8-13(12)18-3/h5-9,16H,4H2,1-3H3/b11-10+,15-9?. The molecule has 0 aliphatic carbocycles. The van der Waals surface area contributed by atoms with Crippen molar-refractivity contribution in [3.8, 4) is 5.75 Å². The normalized spacial score (nSPS) is 12.2. The number of hydrogen-bond donors (Lipinski definition) is 1. The van der Waals surface area contributed by atoms with Crippen LogP contribution in [-0.2, 0) is 9.53 Å². The molecule has 0 radical (unpaired) electrons. The van der Waals surface area contributed by atoms with Gasteiger partial charge in [0.2, 0.25) is 0 Å². The summed E-state index contributed by atoms with van der Waals surface area (Å²) in [6, 6.07) is 7.11. The monoisotopic (exact) mass is 263 g/mol. The third-order valence-electron chi connectivity index (χ3n) is 2.30. The molecular formula is C14H17NO4. The van der Waals surface area contributed by atoms with Crippen molar-refractivity contribution < 1.29 is 19.4 Å². The van der Waals surface area contributed by atoms with Crippen LogP contribution in [0.15, 0.2) is 40.6 Å². The molecule has 102 valence electrons. The summed E-state index contributed by atoms with van der Waals surface area (Å²) >= 11 is 0. The Labute approximate surface area is 112 Å². The maximum Gasteiger partial charge on any atom is 0.343 e. The van der Waals surface area contributed by atoms with Gasteiger partial charge in [-0.2, -0.15) is 0 Å². The molecule has 1 rings (SSSR count). The third kappa shape index (κ3) is 4.13. The number of aliphatic hydroxyl groups excluding tert-OH is 1. The molecule has 0 unspecified atom stereocenters. The first-order valence-corrected chi connectivity index (χ1v) is 5.84. The summed E-state index contributed by atoms with van der Waals surface area (Å²) in [4.78, 5) is 15.7. The van der Waals surface area contributed by atoms with Crippen LogP contribution in [0.5, 0.6) is 5.75 Å². The number of benzene rings is 1. The van der Waals surface area contributed by atoms with E-state index in [1.807, 2.05) is 6.07 Å². The molecule has 0 aliphatic heterocycles. The van der Waals surface area contributed by atoms with Crippen LogP contribution in [0, 0.1) is 0 Å². The molecule has 0 saturated heterocycles. The van der Waals surface area contributed by atoms with E-state index in [4.69, 9.17) is 9.47 Å². The van der Waals surface area contributed by atoms with E-state index in [9.17, 15) is 9.90 Å². The molecule has 1 aromatic rings. The van der Waals surface area contributed by atoms with Crippen molar-refractivity contribution in [1.29, 1.82) is 0 Å². The zero-order chi connectivity index (χ0) is 14.3. The molecule has 0 aromatic heterocycles. The predicted octanol–water partition coefficient (Wildman–Crippen LogP) is 2.79. The van der Waals surface area contributed by atoms with Gasteiger partial charge >= 0.3 is 5.97 Å². The number of para-hydroxylation sites is 2. The lowest BCUT2D eigenvalue weighted by molar-refractivity contribution is -0.138. The fourth-order valence-electron chi connectivity index (χ4n) is 1.37. The molecule has 0 saturated carbocycles. The van der Waals surface area contributed by atoms with E-state index in [0.717, 1.165) is 0 Å². The fourth-order valence-corrected chi connectivity index (χ4v) is 1.37. The van der Waals surface area contributed by atoms with Gasteiger partial charge in [-0.3, -0.25) is 4.99 Å². The van der Waals surface area contributed by atoms with Crippen LogP contribution < -0.4 is 4.74 Å². The Balaban J connectivity index is 3.00. The Morgan fingerprint density at radius 2 is 2.11 bits per heavy atom. The average molecular weight is 263 g/mol. The molecule has 0 bridgehead atoms. The second-order valence-corrected chi connectivity index (χ2v) is 3.65. The lowest BCUT2D eigenvalue weighted by Crippen LogP contribution is -2.10. The van der Waals surface area contributed by atoms with Crippen LogP contribution in [0.4, 0.5) is 5.69 Å². The van der Waals surface area contributed by atoms with Crippen molar-refractivity contribution in [1.82, 2.24) is 0 Å². The highest BCUT2D eigenvalue weighted by Gasteiger charge is 2.12. The molecule has 1 aromatic carbocycles. The number of hydrogen-bond acceptors (Lipinski definition) is 5. The first-order valence-electron chi connectivity index (χ1n) is 5.84. The van der Waals surface area contributed by atoms with Gasteiger partial charge in [-0.15, -0.1) is 0 Å². The van der Waals surface area contributed by atoms with E-state index < -0.39 is 5.97 Å². The summed E-state index contributed by atoms with van der Waals surface area (Å²) < 4.78 is 9.97. The summed E-state index contributed by atoms with van der Waals surface area (Å²) in [6.07, 6.45) is 1.27. The van der Waals surface area contributed by atoms with Crippen molar-refractivity contribution in [3.63, 3.8) is 0 Å². The van der Waals surface area contributed by atoms with Crippen molar-refractivity contribution in [3.05, 3.63) is 35.6 Å². The quantitative estimate of drug-likeness (QED) is 0.384. The van der Waals surface area contributed by atoms with Crippen molar-refractivity contribution in [2.45, 2.75) is 13.8 Å². The molecule has 0 heterocycles. The van der Waals surface area contributed by atoms with E-state index in [0.29, 0.717) is 11.4 Å². The molecule has 0 atom stereocenters. The maximum absolute atomic E-state index is 11.6. The van der Waals surface area contributed by atoms with E-state index >= 15 is 0 Å². The first-order chi connectivity index (χ1) is 9.10. The molecule has 5 heteroatoms. The van der Waals surface area contributed by atoms with Gasteiger partial charge in [-0.05, 0) is 26.0 Å². The minimum Gasteiger partial charge on any atom is -0.512 e. The number of aliphatic hydroxyl groups is 1. The van der Waals surface area contributed by atoms with Crippen LogP contribution in [0.1, 0.15) is 13.8 Å². The Kier molecular flexibility index (Phi) is 5.60. The lowest BCUT2D eigenvalue weighted by atomic mass is 10.2. The van der Waals surface area contributed by atoms with Crippen LogP contribution in [0.25, 0.3) is 0 Å². The summed E-state index contributed by atoms with van der Waals surface area (Å²) in [5, 5.41) is 9.47. The smallest absolute Gasteiger partial charge is 0.343 e. The molecule has 0 amide bonds. The number of carbonyl (C=O) groups excluding carboxylic acids is 1. The second-order valence-electron chi connectivity index (χ2n) is 3.65. The van der Waals surface area contributed by atoms with Gasteiger partial charge < -0.3 is 14.6 Å². The summed E-state index contributed by atoms with van der Waals surface area (Å²) in [6.45, 7) is 3.33. The highest BCUT2D eigenvalue weighted by Crippen LogP contribution is 2.26. The largest absolute Gasteiger partial charge is 0.512 e. The van der Waals surface area contributed by atoms with E-state index in [1.165, 1.54) is 20.2 Å². The van der Waals surface area contributed by atoms with Gasteiger partial charge in [0.25, 0.3) is 0 Å². The number of nitrogens with zero attached hydrogens (tertiary/aromatic N) is 1. The zero-order valence-corrected chi connectivity index (χ0v) is 11.2. The second kappa shape index (κ2) is 7.20. The van der Waals surface area contributed by atoms with Crippen LogP contribution in [0.2, 0.25) is 0 Å². The number of carbonyl (C=O) groups is 1. The zero-order valence-electron chi connectivity index (χ0n) is 11.2. The molecule has 1 N–H and O–H groups in total. The predicted molar refractivity (Wildman–Crippen MR) is 73.1 cm³/mol. The van der Waals surface area contributed by atoms with Crippen LogP contribution >= 0.6 is 0 Å². The Morgan fingerprint density at radius 3 is 2.68 bits per heavy atom. The minimum atomic E-state index is -0.610. The molecule has 5 nitrogen and oxygen atoms in total. The number of methoxy groups -OCH3 is 1. The van der Waals surface area contributed by atoms with Gasteiger partial charge in [0.05, 0.1) is 13.7 Å². The van der Waals surface area contributed by atoms with Crippen molar-refractivity contribution in [2.24, 2.45) is 4.99 Å². The first kappa shape index (κ1) is 14.8. The summed E-state index contributed by atoms with van der Waals surface area (Å²) in [5.41, 5.74) is 0.584. The van der Waals surface area contributed by atoms with Gasteiger partial charge in [0.15, 0.2) is 0 Å². The third-order valence-corrected chi connectivity index (χ3v) is 2.30. The Morgan fingerprint density at radius 1 is 1.42 bits per heavy atom. The minimum absolute atomic E-state index is 0.0211. The van der Waals surface area contributed by atoms with Gasteiger partial charge in [0.1, 0.15) is 22.8 Å². The van der Waals surface area contributed by atoms with Crippen LogP contribution in [0.3, 0.4) is 0 Å². The molecule has 0 fully saturated rings. The lowest BCUT2D eigenvalue weighted by Gasteiger charge is -2.05. The number of rotatable bonds is 5. The maximum atomic E-state index is 11.6. The molecule has 19 heavy (non-hydrogen) atoms. The van der Waals surface area contributed by atoms with Gasteiger partial charge in [0, 0.05) is 6.21 Å². The average Bonchev–Trinajstić information content (AvgIpc) is 2.39. The molecular weight excluding hydrogens is 246 g/mol. The Bertz CT molecular complexity index is 502. The number of ether oxygens (including phenoxy) is 2. The van der Waals surface area contributed by atoms with E-state index in [2.05, 4.69) is 4.99 Å². The van der Waals surface area contributed by atoms with E-state index in [-0.39, 0.29) is 17.9 Å². The number of aliphatic imine (C=N–C) groups is 1. The highest BCUT2D eigenvalue weighted by atomic mass is 16.5. The number of esters is 1. The summed E-state index contributed by atoms with van der Waals surface area (Å²) in [5.74, 6) is -0.171.